The van der Waals surface area contributed by atoms with E-state index in [1.807, 2.05) is 12.1 Å². The highest BCUT2D eigenvalue weighted by atomic mass is 19.4. The summed E-state index contributed by atoms with van der Waals surface area (Å²) in [7, 11) is 1.56. The van der Waals surface area contributed by atoms with Gasteiger partial charge in [0.05, 0.1) is 17.0 Å². The summed E-state index contributed by atoms with van der Waals surface area (Å²) in [6.07, 6.45) is -1.15. The Bertz CT molecular complexity index is 667. The van der Waals surface area contributed by atoms with Crippen molar-refractivity contribution >= 4 is 5.82 Å². The standard InChI is InChI=1S/C15H14F3N3/c1-19-13-8-10(15(16,17)18)7-12(21-13)11-5-4-9-3-2-6-20-14(9)11/h2-3,6-8,11H,4-5H2,1H3,(H,19,21). The number of fused-ring (bicyclic) bond motifs is 1. The molecular formula is C15H14F3N3. The number of aryl methyl sites for hydroxylation is 1. The van der Waals surface area contributed by atoms with Crippen molar-refractivity contribution in [2.75, 3.05) is 12.4 Å². The third-order valence-corrected chi connectivity index (χ3v) is 3.74. The molecule has 2 aromatic heterocycles. The highest BCUT2D eigenvalue weighted by Gasteiger charge is 2.34. The van der Waals surface area contributed by atoms with Crippen molar-refractivity contribution in [1.29, 1.82) is 0 Å². The second-order valence-corrected chi connectivity index (χ2v) is 5.05. The predicted molar refractivity (Wildman–Crippen MR) is 73.2 cm³/mol. The van der Waals surface area contributed by atoms with Gasteiger partial charge in [0.1, 0.15) is 5.82 Å². The van der Waals surface area contributed by atoms with Crippen LogP contribution in [0.4, 0.5) is 19.0 Å². The Labute approximate surface area is 120 Å². The Morgan fingerprint density at radius 2 is 2.10 bits per heavy atom. The molecule has 0 aromatic carbocycles. The maximum Gasteiger partial charge on any atom is 0.416 e. The Morgan fingerprint density at radius 1 is 1.29 bits per heavy atom. The first-order chi connectivity index (χ1) is 9.99. The van der Waals surface area contributed by atoms with Gasteiger partial charge in [-0.3, -0.25) is 4.98 Å². The largest absolute Gasteiger partial charge is 0.416 e. The fraction of sp³-hybridized carbons (Fsp3) is 0.333. The minimum absolute atomic E-state index is 0.171. The number of pyridine rings is 2. The maximum absolute atomic E-state index is 13.0. The van der Waals surface area contributed by atoms with Gasteiger partial charge >= 0.3 is 6.18 Å². The minimum Gasteiger partial charge on any atom is -0.373 e. The monoisotopic (exact) mass is 293 g/mol. The van der Waals surface area contributed by atoms with Gasteiger partial charge in [-0.25, -0.2) is 4.98 Å². The number of nitrogens with one attached hydrogen (secondary N) is 1. The molecule has 0 spiro atoms. The van der Waals surface area contributed by atoms with Crippen LogP contribution < -0.4 is 5.32 Å². The van der Waals surface area contributed by atoms with E-state index in [-0.39, 0.29) is 11.7 Å². The van der Waals surface area contributed by atoms with Gasteiger partial charge in [-0.05, 0) is 36.6 Å². The molecule has 2 heterocycles. The number of rotatable bonds is 2. The molecule has 1 unspecified atom stereocenters. The van der Waals surface area contributed by atoms with E-state index in [0.717, 1.165) is 36.2 Å². The van der Waals surface area contributed by atoms with Crippen molar-refractivity contribution in [2.24, 2.45) is 0 Å². The SMILES string of the molecule is CNc1cc(C(F)(F)F)cc(C2CCc3cccnc32)n1. The molecule has 21 heavy (non-hydrogen) atoms. The lowest BCUT2D eigenvalue weighted by atomic mass is 10.00. The Morgan fingerprint density at radius 3 is 2.81 bits per heavy atom. The fourth-order valence-corrected chi connectivity index (χ4v) is 2.72. The van der Waals surface area contributed by atoms with Crippen molar-refractivity contribution in [2.45, 2.75) is 24.9 Å². The average Bonchev–Trinajstić information content (AvgIpc) is 2.89. The summed E-state index contributed by atoms with van der Waals surface area (Å²) >= 11 is 0. The van der Waals surface area contributed by atoms with Crippen LogP contribution in [0.2, 0.25) is 0 Å². The summed E-state index contributed by atoms with van der Waals surface area (Å²) in [6, 6.07) is 5.97. The first-order valence-corrected chi connectivity index (χ1v) is 6.70. The second kappa shape index (κ2) is 5.02. The molecule has 0 radical (unpaired) electrons. The summed E-state index contributed by atoms with van der Waals surface area (Å²) < 4.78 is 39.0. The highest BCUT2D eigenvalue weighted by Crippen LogP contribution is 2.38. The van der Waals surface area contributed by atoms with E-state index in [9.17, 15) is 13.2 Å². The summed E-state index contributed by atoms with van der Waals surface area (Å²) in [6.45, 7) is 0. The highest BCUT2D eigenvalue weighted by molar-refractivity contribution is 5.44. The number of aromatic nitrogens is 2. The Hall–Kier alpha value is -2.11. The minimum atomic E-state index is -4.38. The quantitative estimate of drug-likeness (QED) is 0.919. The van der Waals surface area contributed by atoms with E-state index < -0.39 is 11.7 Å². The number of hydrogen-bond donors (Lipinski definition) is 1. The summed E-state index contributed by atoms with van der Waals surface area (Å²) in [5.41, 5.74) is 1.67. The van der Waals surface area contributed by atoms with Crippen LogP contribution in [0.1, 0.15) is 34.9 Å². The zero-order valence-corrected chi connectivity index (χ0v) is 11.4. The molecule has 1 N–H and O–H groups in total. The number of nitrogens with zero attached hydrogens (tertiary/aromatic N) is 2. The molecule has 6 heteroatoms. The number of alkyl halides is 3. The summed E-state index contributed by atoms with van der Waals surface area (Å²) in [4.78, 5) is 8.62. The van der Waals surface area contributed by atoms with Crippen LogP contribution in [0.15, 0.2) is 30.5 Å². The van der Waals surface area contributed by atoms with Gasteiger partial charge in [0, 0.05) is 19.2 Å². The van der Waals surface area contributed by atoms with Crippen molar-refractivity contribution < 1.29 is 13.2 Å². The Kier molecular flexibility index (Phi) is 3.31. The van der Waals surface area contributed by atoms with E-state index in [1.165, 1.54) is 0 Å². The van der Waals surface area contributed by atoms with Gasteiger partial charge in [-0.1, -0.05) is 6.07 Å². The van der Waals surface area contributed by atoms with Crippen molar-refractivity contribution in [3.05, 3.63) is 53.0 Å². The molecule has 0 aliphatic heterocycles. The number of halogens is 3. The first-order valence-electron chi connectivity index (χ1n) is 6.70. The van der Waals surface area contributed by atoms with Crippen LogP contribution in [0.3, 0.4) is 0 Å². The molecule has 0 amide bonds. The van der Waals surface area contributed by atoms with E-state index in [1.54, 1.807) is 13.2 Å². The molecule has 3 rings (SSSR count). The van der Waals surface area contributed by atoms with E-state index >= 15 is 0 Å². The molecular weight excluding hydrogens is 279 g/mol. The molecule has 110 valence electrons. The maximum atomic E-state index is 13.0. The van der Waals surface area contributed by atoms with E-state index in [0.29, 0.717) is 5.69 Å². The smallest absolute Gasteiger partial charge is 0.373 e. The normalized spacial score (nSPS) is 17.6. The number of hydrogen-bond acceptors (Lipinski definition) is 3. The summed E-state index contributed by atoms with van der Waals surface area (Å²) in [5, 5.41) is 2.70. The molecule has 1 aliphatic carbocycles. The predicted octanol–water partition coefficient (Wildman–Crippen LogP) is 3.62. The van der Waals surface area contributed by atoms with Gasteiger partial charge in [-0.15, -0.1) is 0 Å². The third-order valence-electron chi connectivity index (χ3n) is 3.74. The fourth-order valence-electron chi connectivity index (χ4n) is 2.72. The average molecular weight is 293 g/mol. The molecule has 0 saturated carbocycles. The molecule has 2 aromatic rings. The topological polar surface area (TPSA) is 37.8 Å². The lowest BCUT2D eigenvalue weighted by Gasteiger charge is -2.15. The molecule has 0 saturated heterocycles. The van der Waals surface area contributed by atoms with Crippen molar-refractivity contribution in [3.8, 4) is 0 Å². The van der Waals surface area contributed by atoms with Crippen LogP contribution >= 0.6 is 0 Å². The van der Waals surface area contributed by atoms with Crippen LogP contribution in [-0.2, 0) is 12.6 Å². The van der Waals surface area contributed by atoms with Gasteiger partial charge in [0.2, 0.25) is 0 Å². The van der Waals surface area contributed by atoms with Crippen LogP contribution in [0.25, 0.3) is 0 Å². The zero-order chi connectivity index (χ0) is 15.0. The summed E-state index contributed by atoms with van der Waals surface area (Å²) in [5.74, 6) is 0.0554. The Balaban J connectivity index is 2.07. The lowest BCUT2D eigenvalue weighted by Crippen LogP contribution is -2.11. The lowest BCUT2D eigenvalue weighted by molar-refractivity contribution is -0.137. The van der Waals surface area contributed by atoms with Crippen LogP contribution in [0, 0.1) is 0 Å². The third kappa shape index (κ3) is 2.57. The van der Waals surface area contributed by atoms with Crippen LogP contribution in [0.5, 0.6) is 0 Å². The molecule has 1 atom stereocenters. The zero-order valence-electron chi connectivity index (χ0n) is 11.4. The molecule has 0 fully saturated rings. The van der Waals surface area contributed by atoms with E-state index in [4.69, 9.17) is 0 Å². The molecule has 1 aliphatic rings. The van der Waals surface area contributed by atoms with Gasteiger partial charge in [0.15, 0.2) is 0 Å². The van der Waals surface area contributed by atoms with Crippen LogP contribution in [-0.4, -0.2) is 17.0 Å². The van der Waals surface area contributed by atoms with Crippen molar-refractivity contribution in [1.82, 2.24) is 9.97 Å². The van der Waals surface area contributed by atoms with Gasteiger partial charge in [-0.2, -0.15) is 13.2 Å². The van der Waals surface area contributed by atoms with Gasteiger partial charge in [0.25, 0.3) is 0 Å². The molecule has 0 bridgehead atoms. The van der Waals surface area contributed by atoms with Gasteiger partial charge < -0.3 is 5.32 Å². The number of anilines is 1. The second-order valence-electron chi connectivity index (χ2n) is 5.05. The van der Waals surface area contributed by atoms with Crippen molar-refractivity contribution in [3.63, 3.8) is 0 Å². The molecule has 3 nitrogen and oxygen atoms in total. The van der Waals surface area contributed by atoms with E-state index in [2.05, 4.69) is 15.3 Å². The first kappa shape index (κ1) is 13.9.